The first-order chi connectivity index (χ1) is 8.58. The third-order valence-corrected chi connectivity index (χ3v) is 3.94. The summed E-state index contributed by atoms with van der Waals surface area (Å²) < 4.78 is 6.14. The zero-order valence-electron chi connectivity index (χ0n) is 10.9. The second-order valence-corrected chi connectivity index (χ2v) is 5.90. The van der Waals surface area contributed by atoms with Crippen molar-refractivity contribution in [2.75, 3.05) is 0 Å². The van der Waals surface area contributed by atoms with E-state index in [1.807, 2.05) is 24.3 Å². The number of hydrogen-bond donors (Lipinski definition) is 1. The van der Waals surface area contributed by atoms with Gasteiger partial charge >= 0.3 is 0 Å². The molecule has 96 valence electrons. The molecule has 2 aliphatic rings. The van der Waals surface area contributed by atoms with Crippen LogP contribution in [0.4, 0.5) is 0 Å². The Kier molecular flexibility index (Phi) is 2.58. The Balaban J connectivity index is 1.95. The summed E-state index contributed by atoms with van der Waals surface area (Å²) in [5, 5.41) is 3.09. The van der Waals surface area contributed by atoms with Crippen molar-refractivity contribution in [1.82, 2.24) is 5.32 Å². The van der Waals surface area contributed by atoms with Crippen LogP contribution in [0.15, 0.2) is 24.3 Å². The third kappa shape index (κ3) is 1.88. The van der Waals surface area contributed by atoms with Crippen LogP contribution in [0.5, 0.6) is 5.75 Å². The molecule has 1 spiro atoms. The summed E-state index contributed by atoms with van der Waals surface area (Å²) in [5.41, 5.74) is 0.164. The molecule has 1 saturated carbocycles. The highest BCUT2D eigenvalue weighted by molar-refractivity contribution is 5.98. The molecule has 2 atom stereocenters. The lowest BCUT2D eigenvalue weighted by molar-refractivity contribution is -0.0378. The van der Waals surface area contributed by atoms with Gasteiger partial charge in [-0.3, -0.25) is 4.79 Å². The van der Waals surface area contributed by atoms with Crippen LogP contribution in [-0.4, -0.2) is 11.6 Å². The second kappa shape index (κ2) is 4.01. The molecule has 1 aromatic rings. The summed E-state index contributed by atoms with van der Waals surface area (Å²) in [6.45, 7) is 4.46. The average molecular weight is 245 g/mol. The largest absolute Gasteiger partial charge is 0.467 e. The van der Waals surface area contributed by atoms with Gasteiger partial charge in [-0.05, 0) is 30.4 Å². The van der Waals surface area contributed by atoms with Crippen LogP contribution in [-0.2, 0) is 0 Å². The molecule has 18 heavy (non-hydrogen) atoms. The first-order valence-electron chi connectivity index (χ1n) is 6.68. The number of para-hydroxylation sites is 1. The van der Waals surface area contributed by atoms with Crippen LogP contribution in [0.3, 0.4) is 0 Å². The fourth-order valence-electron chi connectivity index (χ4n) is 3.50. The molecule has 1 aliphatic carbocycles. The normalized spacial score (nSPS) is 34.7. The number of fused-ring (bicyclic) bond motifs is 1. The molecule has 1 aliphatic heterocycles. The van der Waals surface area contributed by atoms with Crippen molar-refractivity contribution in [2.45, 2.75) is 38.8 Å². The molecule has 0 aromatic heterocycles. The van der Waals surface area contributed by atoms with Gasteiger partial charge in [-0.2, -0.15) is 0 Å². The van der Waals surface area contributed by atoms with Gasteiger partial charge in [-0.1, -0.05) is 26.0 Å². The van der Waals surface area contributed by atoms with Crippen LogP contribution in [0.25, 0.3) is 0 Å². The highest BCUT2D eigenvalue weighted by Gasteiger charge is 2.44. The molecule has 1 fully saturated rings. The Labute approximate surface area is 108 Å². The molecule has 1 aromatic carbocycles. The third-order valence-electron chi connectivity index (χ3n) is 3.94. The summed E-state index contributed by atoms with van der Waals surface area (Å²) in [6, 6.07) is 7.49. The van der Waals surface area contributed by atoms with Crippen molar-refractivity contribution in [1.29, 1.82) is 0 Å². The van der Waals surface area contributed by atoms with Gasteiger partial charge in [-0.15, -0.1) is 0 Å². The minimum absolute atomic E-state index is 0.00171. The lowest BCUT2D eigenvalue weighted by Gasteiger charge is -2.45. The zero-order chi connectivity index (χ0) is 12.8. The van der Waals surface area contributed by atoms with E-state index in [0.29, 0.717) is 17.4 Å². The summed E-state index contributed by atoms with van der Waals surface area (Å²) >= 11 is 0. The zero-order valence-corrected chi connectivity index (χ0v) is 10.9. The molecule has 0 radical (unpaired) electrons. The SMILES string of the molecule is CC1CC(C)CC2(C1)NC(=O)c1ccccc1O2. The molecule has 3 nitrogen and oxygen atoms in total. The van der Waals surface area contributed by atoms with E-state index in [1.54, 1.807) is 0 Å². The molecule has 1 amide bonds. The van der Waals surface area contributed by atoms with Crippen LogP contribution in [0, 0.1) is 11.8 Å². The van der Waals surface area contributed by atoms with Gasteiger partial charge in [0.25, 0.3) is 5.91 Å². The maximum atomic E-state index is 12.2. The van der Waals surface area contributed by atoms with Crippen molar-refractivity contribution in [3.05, 3.63) is 29.8 Å². The van der Waals surface area contributed by atoms with E-state index in [0.717, 1.165) is 18.6 Å². The number of hydrogen-bond acceptors (Lipinski definition) is 2. The number of amides is 1. The quantitative estimate of drug-likeness (QED) is 0.763. The number of carbonyl (C=O) groups excluding carboxylic acids is 1. The summed E-state index contributed by atoms with van der Waals surface area (Å²) in [7, 11) is 0. The predicted molar refractivity (Wildman–Crippen MR) is 69.4 cm³/mol. The monoisotopic (exact) mass is 245 g/mol. The van der Waals surface area contributed by atoms with E-state index in [2.05, 4.69) is 19.2 Å². The fraction of sp³-hybridized carbons (Fsp3) is 0.533. The minimum Gasteiger partial charge on any atom is -0.467 e. The van der Waals surface area contributed by atoms with E-state index in [4.69, 9.17) is 4.74 Å². The number of carbonyl (C=O) groups is 1. The van der Waals surface area contributed by atoms with Gasteiger partial charge in [0.05, 0.1) is 5.56 Å². The number of rotatable bonds is 0. The van der Waals surface area contributed by atoms with Crippen molar-refractivity contribution < 1.29 is 9.53 Å². The fourth-order valence-corrected chi connectivity index (χ4v) is 3.50. The number of benzene rings is 1. The van der Waals surface area contributed by atoms with Crippen LogP contribution in [0.2, 0.25) is 0 Å². The molecular weight excluding hydrogens is 226 g/mol. The first kappa shape index (κ1) is 11.6. The summed E-state index contributed by atoms with van der Waals surface area (Å²) in [5.74, 6) is 1.89. The average Bonchev–Trinajstić information content (AvgIpc) is 2.26. The lowest BCUT2D eigenvalue weighted by atomic mass is 9.77. The minimum atomic E-state index is -0.484. The smallest absolute Gasteiger partial charge is 0.258 e. The van der Waals surface area contributed by atoms with Gasteiger partial charge in [-0.25, -0.2) is 0 Å². The lowest BCUT2D eigenvalue weighted by Crippen LogP contribution is -2.59. The van der Waals surface area contributed by atoms with Gasteiger partial charge in [0.15, 0.2) is 5.72 Å². The predicted octanol–water partition coefficient (Wildman–Crippen LogP) is 2.96. The molecule has 0 bridgehead atoms. The van der Waals surface area contributed by atoms with E-state index in [-0.39, 0.29) is 5.91 Å². The van der Waals surface area contributed by atoms with Crippen molar-refractivity contribution in [2.24, 2.45) is 11.8 Å². The highest BCUT2D eigenvalue weighted by Crippen LogP contribution is 2.40. The van der Waals surface area contributed by atoms with E-state index in [9.17, 15) is 4.79 Å². The Morgan fingerprint density at radius 2 is 1.89 bits per heavy atom. The van der Waals surface area contributed by atoms with E-state index >= 15 is 0 Å². The van der Waals surface area contributed by atoms with Gasteiger partial charge in [0.1, 0.15) is 5.75 Å². The second-order valence-electron chi connectivity index (χ2n) is 5.90. The van der Waals surface area contributed by atoms with Crippen LogP contribution >= 0.6 is 0 Å². The standard InChI is InChI=1S/C15H19NO2/c1-10-7-11(2)9-15(8-10)16-14(17)12-5-3-4-6-13(12)18-15/h3-6,10-11H,7-9H2,1-2H3,(H,16,17). The molecule has 3 rings (SSSR count). The van der Waals surface area contributed by atoms with Crippen molar-refractivity contribution in [3.8, 4) is 5.75 Å². The Hall–Kier alpha value is -1.51. The topological polar surface area (TPSA) is 38.3 Å². The molecule has 1 heterocycles. The molecule has 0 saturated heterocycles. The maximum Gasteiger partial charge on any atom is 0.258 e. The van der Waals surface area contributed by atoms with Crippen molar-refractivity contribution >= 4 is 5.91 Å². The van der Waals surface area contributed by atoms with Gasteiger partial charge < -0.3 is 10.1 Å². The Bertz CT molecular complexity index is 473. The number of ether oxygens (including phenoxy) is 1. The highest BCUT2D eigenvalue weighted by atomic mass is 16.5. The molecule has 2 unspecified atom stereocenters. The Morgan fingerprint density at radius 1 is 1.22 bits per heavy atom. The van der Waals surface area contributed by atoms with E-state index < -0.39 is 5.72 Å². The summed E-state index contributed by atoms with van der Waals surface area (Å²) in [4.78, 5) is 12.2. The summed E-state index contributed by atoms with van der Waals surface area (Å²) in [6.07, 6.45) is 3.01. The molecule has 3 heteroatoms. The van der Waals surface area contributed by atoms with Crippen LogP contribution < -0.4 is 10.1 Å². The first-order valence-corrected chi connectivity index (χ1v) is 6.68. The van der Waals surface area contributed by atoms with Gasteiger partial charge in [0.2, 0.25) is 0 Å². The molecular formula is C15H19NO2. The van der Waals surface area contributed by atoms with E-state index in [1.165, 1.54) is 6.42 Å². The van der Waals surface area contributed by atoms with Crippen LogP contribution in [0.1, 0.15) is 43.5 Å². The van der Waals surface area contributed by atoms with Gasteiger partial charge in [0, 0.05) is 12.8 Å². The maximum absolute atomic E-state index is 12.2. The van der Waals surface area contributed by atoms with Crippen molar-refractivity contribution in [3.63, 3.8) is 0 Å². The number of nitrogens with one attached hydrogen (secondary N) is 1. The molecule has 1 N–H and O–H groups in total. The Morgan fingerprint density at radius 3 is 2.61 bits per heavy atom.